The van der Waals surface area contributed by atoms with Crippen LogP contribution in [0.15, 0.2) is 30.3 Å². The molecule has 0 unspecified atom stereocenters. The van der Waals surface area contributed by atoms with Crippen molar-refractivity contribution in [3.63, 3.8) is 0 Å². The average Bonchev–Trinajstić information content (AvgIpc) is 2.69. The van der Waals surface area contributed by atoms with Crippen LogP contribution in [0.25, 0.3) is 0 Å². The van der Waals surface area contributed by atoms with Gasteiger partial charge in [0, 0.05) is 38.1 Å². The zero-order chi connectivity index (χ0) is 18.5. The van der Waals surface area contributed by atoms with Crippen LogP contribution in [0.2, 0.25) is 0 Å². The van der Waals surface area contributed by atoms with Gasteiger partial charge in [-0.1, -0.05) is 0 Å². The molecule has 0 atom stereocenters. The van der Waals surface area contributed by atoms with E-state index in [-0.39, 0.29) is 12.0 Å². The summed E-state index contributed by atoms with van der Waals surface area (Å²) in [6.45, 7) is 3.13. The van der Waals surface area contributed by atoms with Gasteiger partial charge in [0.2, 0.25) is 5.88 Å². The number of aryl methyl sites for hydroxylation is 1. The van der Waals surface area contributed by atoms with E-state index >= 15 is 0 Å². The Morgan fingerprint density at radius 1 is 1.08 bits per heavy atom. The van der Waals surface area contributed by atoms with Crippen molar-refractivity contribution in [2.45, 2.75) is 25.9 Å². The van der Waals surface area contributed by atoms with Crippen LogP contribution in [0.1, 0.15) is 28.9 Å². The highest BCUT2D eigenvalue weighted by Crippen LogP contribution is 2.27. The van der Waals surface area contributed by atoms with Gasteiger partial charge in [-0.2, -0.15) is 5.10 Å². The Labute approximate surface area is 152 Å². The molecule has 0 bridgehead atoms. The summed E-state index contributed by atoms with van der Waals surface area (Å²) >= 11 is 0. The molecule has 26 heavy (non-hydrogen) atoms. The van der Waals surface area contributed by atoms with E-state index in [4.69, 9.17) is 14.2 Å². The highest BCUT2D eigenvalue weighted by atomic mass is 16.5. The van der Waals surface area contributed by atoms with Crippen LogP contribution in [0.3, 0.4) is 0 Å². The van der Waals surface area contributed by atoms with E-state index < -0.39 is 0 Å². The monoisotopic (exact) mass is 357 g/mol. The Morgan fingerprint density at radius 2 is 1.85 bits per heavy atom. The number of hydrogen-bond donors (Lipinski definition) is 0. The van der Waals surface area contributed by atoms with Crippen molar-refractivity contribution in [3.8, 4) is 17.4 Å². The summed E-state index contributed by atoms with van der Waals surface area (Å²) in [7, 11) is 3.13. The number of piperidine rings is 1. The largest absolute Gasteiger partial charge is 0.497 e. The molecule has 0 aliphatic carbocycles. The van der Waals surface area contributed by atoms with Gasteiger partial charge in [-0.25, -0.2) is 0 Å². The molecule has 1 aromatic heterocycles. The van der Waals surface area contributed by atoms with Crippen molar-refractivity contribution < 1.29 is 19.0 Å². The Balaban J connectivity index is 1.60. The first-order chi connectivity index (χ1) is 12.6. The maximum atomic E-state index is 12.8. The Hall–Kier alpha value is -2.83. The number of carbonyl (C=O) groups is 1. The van der Waals surface area contributed by atoms with E-state index in [0.717, 1.165) is 18.5 Å². The van der Waals surface area contributed by atoms with Gasteiger partial charge in [0.05, 0.1) is 25.5 Å². The number of aromatic nitrogens is 2. The van der Waals surface area contributed by atoms with Crippen LogP contribution in [0, 0.1) is 6.92 Å². The van der Waals surface area contributed by atoms with Crippen LogP contribution in [-0.2, 0) is 0 Å². The number of carbonyl (C=O) groups excluding carboxylic acids is 1. The molecule has 0 spiro atoms. The van der Waals surface area contributed by atoms with Gasteiger partial charge >= 0.3 is 0 Å². The Morgan fingerprint density at radius 3 is 2.46 bits per heavy atom. The average molecular weight is 357 g/mol. The normalized spacial score (nSPS) is 14.8. The smallest absolute Gasteiger partial charge is 0.257 e. The van der Waals surface area contributed by atoms with E-state index in [1.54, 1.807) is 32.4 Å². The fourth-order valence-corrected chi connectivity index (χ4v) is 2.94. The lowest BCUT2D eigenvalue weighted by atomic mass is 10.1. The second kappa shape index (κ2) is 8.03. The number of methoxy groups -OCH3 is 2. The Bertz CT molecular complexity index is 756. The predicted molar refractivity (Wildman–Crippen MR) is 95.9 cm³/mol. The number of likely N-dealkylation sites (tertiary alicyclic amines) is 1. The first-order valence-electron chi connectivity index (χ1n) is 8.59. The maximum absolute atomic E-state index is 12.8. The maximum Gasteiger partial charge on any atom is 0.257 e. The second-order valence-electron chi connectivity index (χ2n) is 6.19. The van der Waals surface area contributed by atoms with Crippen LogP contribution >= 0.6 is 0 Å². The van der Waals surface area contributed by atoms with Crippen molar-refractivity contribution in [1.29, 1.82) is 0 Å². The van der Waals surface area contributed by atoms with Crippen LogP contribution < -0.4 is 14.2 Å². The SMILES string of the molecule is COc1ccc(C(=O)N2CCC(Oc3ccc(C)nn3)CC2)c(OC)c1. The summed E-state index contributed by atoms with van der Waals surface area (Å²) in [5, 5.41) is 8.03. The van der Waals surface area contributed by atoms with E-state index in [2.05, 4.69) is 10.2 Å². The summed E-state index contributed by atoms with van der Waals surface area (Å²) in [5.41, 5.74) is 1.39. The lowest BCUT2D eigenvalue weighted by molar-refractivity contribution is 0.0583. The summed E-state index contributed by atoms with van der Waals surface area (Å²) in [6.07, 6.45) is 1.54. The third-order valence-corrected chi connectivity index (χ3v) is 4.43. The minimum Gasteiger partial charge on any atom is -0.497 e. The van der Waals surface area contributed by atoms with Crippen molar-refractivity contribution in [1.82, 2.24) is 15.1 Å². The van der Waals surface area contributed by atoms with Crippen molar-refractivity contribution in [2.75, 3.05) is 27.3 Å². The molecule has 1 aromatic carbocycles. The van der Waals surface area contributed by atoms with Crippen LogP contribution in [0.4, 0.5) is 0 Å². The molecular weight excluding hydrogens is 334 g/mol. The Kier molecular flexibility index (Phi) is 5.55. The van der Waals surface area contributed by atoms with Gasteiger partial charge in [-0.3, -0.25) is 4.79 Å². The number of nitrogens with zero attached hydrogens (tertiary/aromatic N) is 3. The standard InChI is InChI=1S/C19H23N3O4/c1-13-4-7-18(21-20-13)26-14-8-10-22(11-9-14)19(23)16-6-5-15(24-2)12-17(16)25-3/h4-7,12,14H,8-11H2,1-3H3. The number of benzene rings is 1. The van der Waals surface area contributed by atoms with E-state index in [1.807, 2.05) is 24.0 Å². The molecule has 1 amide bonds. The fourth-order valence-electron chi connectivity index (χ4n) is 2.94. The number of amides is 1. The van der Waals surface area contributed by atoms with Gasteiger partial charge in [0.25, 0.3) is 5.91 Å². The summed E-state index contributed by atoms with van der Waals surface area (Å²) < 4.78 is 16.4. The number of ether oxygens (including phenoxy) is 3. The molecule has 1 fully saturated rings. The van der Waals surface area contributed by atoms with Gasteiger partial charge in [0.1, 0.15) is 17.6 Å². The number of hydrogen-bond acceptors (Lipinski definition) is 6. The topological polar surface area (TPSA) is 73.8 Å². The molecule has 2 aromatic rings. The summed E-state index contributed by atoms with van der Waals surface area (Å²) in [5.74, 6) is 1.66. The molecule has 2 heterocycles. The number of rotatable bonds is 5. The molecule has 0 radical (unpaired) electrons. The zero-order valence-corrected chi connectivity index (χ0v) is 15.3. The summed E-state index contributed by atoms with van der Waals surface area (Å²) in [6, 6.07) is 8.92. The molecule has 1 aliphatic rings. The lowest BCUT2D eigenvalue weighted by Gasteiger charge is -2.32. The van der Waals surface area contributed by atoms with Gasteiger partial charge in [-0.05, 0) is 25.1 Å². The third kappa shape index (κ3) is 4.04. The molecule has 138 valence electrons. The minimum atomic E-state index is -0.0434. The predicted octanol–water partition coefficient (Wildman–Crippen LogP) is 2.49. The van der Waals surface area contributed by atoms with Gasteiger partial charge < -0.3 is 19.1 Å². The first kappa shape index (κ1) is 18.0. The van der Waals surface area contributed by atoms with Crippen LogP contribution in [-0.4, -0.2) is 54.4 Å². The molecule has 3 rings (SSSR count). The molecule has 1 aliphatic heterocycles. The highest BCUT2D eigenvalue weighted by molar-refractivity contribution is 5.97. The lowest BCUT2D eigenvalue weighted by Crippen LogP contribution is -2.42. The van der Waals surface area contributed by atoms with Crippen LogP contribution in [0.5, 0.6) is 17.4 Å². The van der Waals surface area contributed by atoms with E-state index in [9.17, 15) is 4.79 Å². The molecule has 7 nitrogen and oxygen atoms in total. The molecule has 0 N–H and O–H groups in total. The summed E-state index contributed by atoms with van der Waals surface area (Å²) in [4.78, 5) is 14.6. The second-order valence-corrected chi connectivity index (χ2v) is 6.19. The third-order valence-electron chi connectivity index (χ3n) is 4.43. The molecule has 7 heteroatoms. The quantitative estimate of drug-likeness (QED) is 0.818. The van der Waals surface area contributed by atoms with Crippen molar-refractivity contribution in [2.24, 2.45) is 0 Å². The molecule has 0 saturated carbocycles. The fraction of sp³-hybridized carbons (Fsp3) is 0.421. The van der Waals surface area contributed by atoms with E-state index in [1.165, 1.54) is 0 Å². The highest BCUT2D eigenvalue weighted by Gasteiger charge is 2.26. The minimum absolute atomic E-state index is 0.0359. The molecule has 1 saturated heterocycles. The molecular formula is C19H23N3O4. The zero-order valence-electron chi connectivity index (χ0n) is 15.3. The van der Waals surface area contributed by atoms with E-state index in [0.29, 0.717) is 36.0 Å². The first-order valence-corrected chi connectivity index (χ1v) is 8.59. The van der Waals surface area contributed by atoms with Crippen molar-refractivity contribution in [3.05, 3.63) is 41.6 Å². The van der Waals surface area contributed by atoms with Crippen molar-refractivity contribution >= 4 is 5.91 Å². The van der Waals surface area contributed by atoms with Gasteiger partial charge in [0.15, 0.2) is 0 Å². The van der Waals surface area contributed by atoms with Gasteiger partial charge in [-0.15, -0.1) is 5.10 Å².